The number of hydrogen-bond donors (Lipinski definition) is 2. The fourth-order valence-electron chi connectivity index (χ4n) is 6.05. The van der Waals surface area contributed by atoms with Gasteiger partial charge in [-0.25, -0.2) is 9.97 Å². The molecule has 46 heavy (non-hydrogen) atoms. The molecule has 0 amide bonds. The van der Waals surface area contributed by atoms with Gasteiger partial charge >= 0.3 is 0 Å². The van der Waals surface area contributed by atoms with E-state index in [4.69, 9.17) is 9.47 Å². The van der Waals surface area contributed by atoms with Gasteiger partial charge in [0.1, 0.15) is 30.5 Å². The molecule has 0 spiro atoms. The highest BCUT2D eigenvalue weighted by molar-refractivity contribution is 6.10. The van der Waals surface area contributed by atoms with Gasteiger partial charge < -0.3 is 19.6 Å². The van der Waals surface area contributed by atoms with E-state index in [1.807, 2.05) is 66.7 Å². The second-order valence-corrected chi connectivity index (χ2v) is 11.7. The predicted molar refractivity (Wildman–Crippen MR) is 183 cm³/mol. The summed E-state index contributed by atoms with van der Waals surface area (Å²) in [6, 6.07) is 40.7. The zero-order valence-electron chi connectivity index (χ0n) is 25.7. The smallest absolute Gasteiger partial charge is 0.230 e. The van der Waals surface area contributed by atoms with Crippen LogP contribution in [-0.4, -0.2) is 50.3 Å². The Morgan fingerprint density at radius 3 is 2.33 bits per heavy atom. The molecule has 7 heteroatoms. The van der Waals surface area contributed by atoms with Gasteiger partial charge in [-0.05, 0) is 66.9 Å². The molecule has 0 aliphatic carbocycles. The van der Waals surface area contributed by atoms with Crippen molar-refractivity contribution in [1.82, 2.24) is 19.9 Å². The van der Waals surface area contributed by atoms with Gasteiger partial charge in [-0.15, -0.1) is 0 Å². The summed E-state index contributed by atoms with van der Waals surface area (Å²) in [5.41, 5.74) is 5.32. The molecule has 0 aliphatic heterocycles. The third kappa shape index (κ3) is 6.56. The number of aromatic amines is 1. The molecular weight excluding hydrogens is 572 g/mol. The second-order valence-electron chi connectivity index (χ2n) is 11.7. The summed E-state index contributed by atoms with van der Waals surface area (Å²) in [5, 5.41) is 14.3. The molecule has 2 heterocycles. The minimum Gasteiger partial charge on any atom is -0.490 e. The van der Waals surface area contributed by atoms with E-state index in [9.17, 15) is 5.11 Å². The summed E-state index contributed by atoms with van der Waals surface area (Å²) in [5.74, 6) is 2.03. The second kappa shape index (κ2) is 13.4. The highest BCUT2D eigenvalue weighted by atomic mass is 16.5. The van der Waals surface area contributed by atoms with Gasteiger partial charge in [-0.3, -0.25) is 4.90 Å². The first-order valence-corrected chi connectivity index (χ1v) is 15.7. The summed E-state index contributed by atoms with van der Waals surface area (Å²) < 4.78 is 12.4. The Balaban J connectivity index is 1.03. The molecule has 7 aromatic rings. The number of rotatable bonds is 12. The highest BCUT2D eigenvalue weighted by Gasteiger charge is 2.20. The topological polar surface area (TPSA) is 83.5 Å². The molecule has 0 saturated carbocycles. The van der Waals surface area contributed by atoms with Gasteiger partial charge in [-0.1, -0.05) is 78.9 Å². The number of aliphatic hydroxyl groups excluding tert-OH is 1. The number of ether oxygens (including phenoxy) is 2. The van der Waals surface area contributed by atoms with Crippen LogP contribution in [0.25, 0.3) is 32.7 Å². The SMILES string of the molecule is C[C@@H](Cc1ccc(Oc2ncnc3ccccc23)cc1)N(Cc1ccccc1)C[C@H](O)COc1cccc2[nH]c3ccccc3c12. The predicted octanol–water partition coefficient (Wildman–Crippen LogP) is 7.93. The Morgan fingerprint density at radius 2 is 1.48 bits per heavy atom. The minimum absolute atomic E-state index is 0.157. The molecule has 7 rings (SSSR count). The zero-order valence-corrected chi connectivity index (χ0v) is 25.7. The van der Waals surface area contributed by atoms with E-state index in [0.717, 1.165) is 57.2 Å². The Morgan fingerprint density at radius 1 is 0.739 bits per heavy atom. The zero-order chi connectivity index (χ0) is 31.3. The van der Waals surface area contributed by atoms with Gasteiger partial charge in [-0.2, -0.15) is 0 Å². The van der Waals surface area contributed by atoms with Gasteiger partial charge in [0.25, 0.3) is 0 Å². The number of aliphatic hydroxyl groups is 1. The van der Waals surface area contributed by atoms with E-state index in [-0.39, 0.29) is 12.6 Å². The van der Waals surface area contributed by atoms with Crippen LogP contribution in [0.4, 0.5) is 0 Å². The molecule has 0 fully saturated rings. The molecule has 230 valence electrons. The van der Waals surface area contributed by atoms with Crippen molar-refractivity contribution in [3.8, 4) is 17.4 Å². The fourth-order valence-corrected chi connectivity index (χ4v) is 6.05. The summed E-state index contributed by atoms with van der Waals surface area (Å²) in [6.45, 7) is 3.60. The molecule has 0 bridgehead atoms. The van der Waals surface area contributed by atoms with E-state index < -0.39 is 6.10 Å². The molecule has 5 aromatic carbocycles. The number of para-hydroxylation sites is 2. The first-order chi connectivity index (χ1) is 22.6. The molecular formula is C39H36N4O3. The maximum Gasteiger partial charge on any atom is 0.230 e. The molecule has 0 aliphatic rings. The molecule has 2 aromatic heterocycles. The number of nitrogens with one attached hydrogen (secondary N) is 1. The standard InChI is InChI=1S/C39H36N4O3/c1-27(22-28-18-20-31(21-19-28)46-39-33-13-6-7-14-34(33)40-26-41-39)43(23-29-10-3-2-4-11-29)24-30(44)25-45-37-17-9-16-36-38(37)32-12-5-8-15-35(32)42-36/h2-21,26-27,30,42,44H,22-25H2,1H3/t27-,30-/m0/s1. The Labute approximate surface area is 268 Å². The van der Waals surface area contributed by atoms with Crippen LogP contribution in [0, 0.1) is 0 Å². The van der Waals surface area contributed by atoms with Crippen molar-refractivity contribution in [2.45, 2.75) is 32.0 Å². The van der Waals surface area contributed by atoms with Crippen LogP contribution < -0.4 is 9.47 Å². The van der Waals surface area contributed by atoms with Crippen molar-refractivity contribution in [3.05, 3.63) is 139 Å². The maximum absolute atomic E-state index is 11.3. The van der Waals surface area contributed by atoms with Crippen molar-refractivity contribution in [2.24, 2.45) is 0 Å². The Kier molecular flexibility index (Phi) is 8.59. The summed E-state index contributed by atoms with van der Waals surface area (Å²) in [4.78, 5) is 14.5. The summed E-state index contributed by atoms with van der Waals surface area (Å²) in [6.07, 6.45) is 1.66. The van der Waals surface area contributed by atoms with Gasteiger partial charge in [0, 0.05) is 35.4 Å². The van der Waals surface area contributed by atoms with Crippen LogP contribution in [0.2, 0.25) is 0 Å². The summed E-state index contributed by atoms with van der Waals surface area (Å²) >= 11 is 0. The van der Waals surface area contributed by atoms with E-state index in [1.165, 1.54) is 17.5 Å². The molecule has 2 atom stereocenters. The van der Waals surface area contributed by atoms with E-state index in [1.54, 1.807) is 0 Å². The molecule has 2 N–H and O–H groups in total. The Bertz CT molecular complexity index is 2050. The fraction of sp³-hybridized carbons (Fsp3) is 0.179. The van der Waals surface area contributed by atoms with E-state index in [0.29, 0.717) is 12.4 Å². The van der Waals surface area contributed by atoms with Crippen LogP contribution >= 0.6 is 0 Å². The largest absolute Gasteiger partial charge is 0.490 e. The van der Waals surface area contributed by atoms with E-state index >= 15 is 0 Å². The lowest BCUT2D eigenvalue weighted by molar-refractivity contribution is 0.0517. The summed E-state index contributed by atoms with van der Waals surface area (Å²) in [7, 11) is 0. The third-order valence-corrected chi connectivity index (χ3v) is 8.40. The first kappa shape index (κ1) is 29.5. The van der Waals surface area contributed by atoms with Crippen molar-refractivity contribution >= 4 is 32.7 Å². The number of hydrogen-bond acceptors (Lipinski definition) is 6. The van der Waals surface area contributed by atoms with Crippen LogP contribution in [0.5, 0.6) is 17.4 Å². The Hall–Kier alpha value is -5.24. The number of H-pyrrole nitrogens is 1. The van der Waals surface area contributed by atoms with Crippen LogP contribution in [0.1, 0.15) is 18.1 Å². The highest BCUT2D eigenvalue weighted by Crippen LogP contribution is 2.33. The van der Waals surface area contributed by atoms with Crippen molar-refractivity contribution in [1.29, 1.82) is 0 Å². The lowest BCUT2D eigenvalue weighted by Gasteiger charge is -2.31. The van der Waals surface area contributed by atoms with Gasteiger partial charge in [0.15, 0.2) is 0 Å². The average molecular weight is 609 g/mol. The number of benzene rings is 5. The number of fused-ring (bicyclic) bond motifs is 4. The molecule has 0 unspecified atom stereocenters. The number of nitrogens with zero attached hydrogens (tertiary/aromatic N) is 3. The number of aromatic nitrogens is 3. The lowest BCUT2D eigenvalue weighted by atomic mass is 10.0. The van der Waals surface area contributed by atoms with Crippen molar-refractivity contribution in [2.75, 3.05) is 13.2 Å². The minimum atomic E-state index is -0.676. The molecule has 7 nitrogen and oxygen atoms in total. The third-order valence-electron chi connectivity index (χ3n) is 8.40. The van der Waals surface area contributed by atoms with Crippen molar-refractivity contribution in [3.63, 3.8) is 0 Å². The van der Waals surface area contributed by atoms with Crippen LogP contribution in [0.3, 0.4) is 0 Å². The molecule has 0 saturated heterocycles. The van der Waals surface area contributed by atoms with Crippen LogP contribution in [-0.2, 0) is 13.0 Å². The maximum atomic E-state index is 11.3. The lowest BCUT2D eigenvalue weighted by Crippen LogP contribution is -2.41. The normalized spacial score (nSPS) is 12.9. The van der Waals surface area contributed by atoms with Gasteiger partial charge in [0.2, 0.25) is 5.88 Å². The first-order valence-electron chi connectivity index (χ1n) is 15.7. The van der Waals surface area contributed by atoms with Crippen LogP contribution in [0.15, 0.2) is 128 Å². The van der Waals surface area contributed by atoms with E-state index in [2.05, 4.69) is 81.4 Å². The monoisotopic (exact) mass is 608 g/mol. The quantitative estimate of drug-likeness (QED) is 0.147. The van der Waals surface area contributed by atoms with Crippen molar-refractivity contribution < 1.29 is 14.6 Å². The average Bonchev–Trinajstić information content (AvgIpc) is 3.48. The molecule has 0 radical (unpaired) electrons. The van der Waals surface area contributed by atoms with Gasteiger partial charge in [0.05, 0.1) is 16.4 Å².